The van der Waals surface area contributed by atoms with Crippen LogP contribution in [0.2, 0.25) is 0 Å². The first kappa shape index (κ1) is 17.7. The molecule has 5 heteroatoms. The van der Waals surface area contributed by atoms with Gasteiger partial charge in [0, 0.05) is 31.5 Å². The van der Waals surface area contributed by atoms with Crippen LogP contribution in [0.5, 0.6) is 0 Å². The maximum Gasteiger partial charge on any atom is 0.0785 e. The van der Waals surface area contributed by atoms with Gasteiger partial charge in [-0.1, -0.05) is 29.8 Å². The van der Waals surface area contributed by atoms with Crippen molar-refractivity contribution < 1.29 is 5.76 Å². The van der Waals surface area contributed by atoms with Crippen molar-refractivity contribution in [3.63, 3.8) is 0 Å². The summed E-state index contributed by atoms with van der Waals surface area (Å²) in [4.78, 5) is 6.47. The number of aliphatic imine (C=N–C) groups is 1. The monoisotopic (exact) mass is 331 g/mol. The van der Waals surface area contributed by atoms with Gasteiger partial charge in [-0.2, -0.15) is 0 Å². The predicted octanol–water partition coefficient (Wildman–Crippen LogP) is 5.13. The Morgan fingerprint density at radius 1 is 1.29 bits per heavy atom. The van der Waals surface area contributed by atoms with Crippen LogP contribution in [0.3, 0.4) is 0 Å². The third kappa shape index (κ3) is 6.32. The molecular weight excluding hydrogens is 310 g/mol. The number of alkyl halides is 1. The van der Waals surface area contributed by atoms with E-state index in [-0.39, 0.29) is 12.4 Å². The van der Waals surface area contributed by atoms with E-state index in [0.29, 0.717) is 0 Å². The number of allylic oxidation sites excluding steroid dienone is 3. The molecule has 0 unspecified atom stereocenters. The summed E-state index contributed by atoms with van der Waals surface area (Å²) >= 11 is 6.35. The molecule has 116 valence electrons. The minimum atomic E-state index is -1.00. The predicted molar refractivity (Wildman–Crippen MR) is 92.8 cm³/mol. The normalized spacial score (nSPS) is 16.4. The third-order valence-corrected chi connectivity index (χ3v) is 3.25. The molecule has 0 saturated heterocycles. The molecule has 0 N–H and O–H groups in total. The van der Waals surface area contributed by atoms with E-state index >= 15 is 0 Å². The van der Waals surface area contributed by atoms with Crippen molar-refractivity contribution in [2.75, 3.05) is 21.2 Å². The van der Waals surface area contributed by atoms with Gasteiger partial charge in [0.1, 0.15) is 0 Å². The highest BCUT2D eigenvalue weighted by Crippen LogP contribution is 2.33. The van der Waals surface area contributed by atoms with Gasteiger partial charge in [-0.05, 0) is 36.1 Å². The zero-order chi connectivity index (χ0) is 15.7. The first-order chi connectivity index (χ1) is 10.1. The first-order valence-electron chi connectivity index (χ1n) is 6.99. The molecule has 0 radical (unpaired) electrons. The Hall–Kier alpha value is -1.32. The number of hydrogen-bond donors (Lipinski definition) is 0. The van der Waals surface area contributed by atoms with Crippen LogP contribution in [0.1, 0.15) is 14.2 Å². The molecule has 0 fully saturated rings. The van der Waals surface area contributed by atoms with Crippen LogP contribution in [0.15, 0.2) is 57.7 Å². The van der Waals surface area contributed by atoms with Crippen molar-refractivity contribution in [3.05, 3.63) is 52.7 Å². The van der Waals surface area contributed by atoms with Gasteiger partial charge in [-0.15, -0.1) is 12.4 Å². The SMILES string of the molecule is CN(C)/C=C1\CCC(C=Nc2ccccc2)=C1Cl.Cl.[2H]CF. The fraction of sp³-hybridized carbons (Fsp3) is 0.312. The molecular formula is C16H21Cl2FN2. The maximum absolute atomic E-state index is 9.96. The van der Waals surface area contributed by atoms with Crippen LogP contribution < -0.4 is 0 Å². The Kier molecular flexibility index (Phi) is 8.79. The van der Waals surface area contributed by atoms with Gasteiger partial charge in [0.15, 0.2) is 0 Å². The van der Waals surface area contributed by atoms with Crippen molar-refractivity contribution in [1.29, 1.82) is 0 Å². The van der Waals surface area contributed by atoms with Crippen molar-refractivity contribution in [2.24, 2.45) is 4.99 Å². The fourth-order valence-corrected chi connectivity index (χ4v) is 2.20. The number of nitrogens with zero attached hydrogens (tertiary/aromatic N) is 2. The summed E-state index contributed by atoms with van der Waals surface area (Å²) in [7, 11) is 3.01. The van der Waals surface area contributed by atoms with E-state index in [1.807, 2.05) is 55.5 Å². The van der Waals surface area contributed by atoms with E-state index in [4.69, 9.17) is 13.0 Å². The molecule has 0 aliphatic heterocycles. The minimum Gasteiger partial charge on any atom is -0.383 e. The smallest absolute Gasteiger partial charge is 0.0785 e. The molecule has 1 aliphatic carbocycles. The molecule has 1 aromatic carbocycles. The van der Waals surface area contributed by atoms with E-state index in [0.717, 1.165) is 29.1 Å². The van der Waals surface area contributed by atoms with Gasteiger partial charge < -0.3 is 4.90 Å². The number of benzene rings is 1. The molecule has 21 heavy (non-hydrogen) atoms. The molecule has 2 rings (SSSR count). The van der Waals surface area contributed by atoms with E-state index in [1.54, 1.807) is 0 Å². The highest BCUT2D eigenvalue weighted by Gasteiger charge is 2.16. The van der Waals surface area contributed by atoms with Crippen molar-refractivity contribution in [1.82, 2.24) is 4.90 Å². The second-order valence-corrected chi connectivity index (χ2v) is 4.93. The van der Waals surface area contributed by atoms with Crippen LogP contribution in [0, 0.1) is 0 Å². The van der Waals surface area contributed by atoms with Crippen LogP contribution in [-0.4, -0.2) is 32.4 Å². The van der Waals surface area contributed by atoms with Gasteiger partial charge in [0.25, 0.3) is 0 Å². The van der Waals surface area contributed by atoms with Gasteiger partial charge in [0.05, 0.1) is 14.2 Å². The number of para-hydroxylation sites is 1. The molecule has 0 bridgehead atoms. The summed E-state index contributed by atoms with van der Waals surface area (Å²) in [6, 6.07) is 9.91. The topological polar surface area (TPSA) is 15.6 Å². The summed E-state index contributed by atoms with van der Waals surface area (Å²) in [6.45, 7) is 0. The Bertz CT molecular complexity index is 528. The average molecular weight is 332 g/mol. The van der Waals surface area contributed by atoms with Crippen molar-refractivity contribution in [2.45, 2.75) is 12.8 Å². The lowest BCUT2D eigenvalue weighted by Crippen LogP contribution is -2.02. The number of halogens is 3. The molecule has 0 atom stereocenters. The summed E-state index contributed by atoms with van der Waals surface area (Å²) < 4.78 is 15.5. The molecule has 2 nitrogen and oxygen atoms in total. The Morgan fingerprint density at radius 2 is 1.90 bits per heavy atom. The molecule has 0 spiro atoms. The second-order valence-electron chi connectivity index (χ2n) is 4.55. The third-order valence-electron chi connectivity index (χ3n) is 2.77. The first-order valence-corrected chi connectivity index (χ1v) is 6.66. The van der Waals surface area contributed by atoms with Crippen LogP contribution in [0.4, 0.5) is 10.1 Å². The summed E-state index contributed by atoms with van der Waals surface area (Å²) in [6.07, 6.45) is 5.92. The lowest BCUT2D eigenvalue weighted by molar-refractivity contribution is 0.558. The highest BCUT2D eigenvalue weighted by atomic mass is 35.5. The lowest BCUT2D eigenvalue weighted by Gasteiger charge is -2.06. The van der Waals surface area contributed by atoms with Crippen LogP contribution in [0.25, 0.3) is 0 Å². The lowest BCUT2D eigenvalue weighted by atomic mass is 10.2. The maximum atomic E-state index is 9.96. The zero-order valence-electron chi connectivity index (χ0n) is 13.2. The number of hydrogen-bond acceptors (Lipinski definition) is 2. The number of rotatable bonds is 3. The minimum absolute atomic E-state index is 0. The van der Waals surface area contributed by atoms with E-state index in [2.05, 4.69) is 11.2 Å². The summed E-state index contributed by atoms with van der Waals surface area (Å²) in [5.74, 6) is 0. The molecule has 1 aliphatic rings. The van der Waals surface area contributed by atoms with E-state index in [1.165, 1.54) is 5.57 Å². The van der Waals surface area contributed by atoms with E-state index < -0.39 is 7.15 Å². The Morgan fingerprint density at radius 3 is 2.48 bits per heavy atom. The van der Waals surface area contributed by atoms with Crippen LogP contribution in [-0.2, 0) is 0 Å². The zero-order valence-corrected chi connectivity index (χ0v) is 13.8. The van der Waals surface area contributed by atoms with Gasteiger partial charge in [-0.3, -0.25) is 9.38 Å². The Balaban J connectivity index is 0.00000102. The molecule has 0 heterocycles. The highest BCUT2D eigenvalue weighted by molar-refractivity contribution is 6.34. The second kappa shape index (κ2) is 10.4. The largest absolute Gasteiger partial charge is 0.383 e. The average Bonchev–Trinajstić information content (AvgIpc) is 2.79. The molecule has 1 aromatic rings. The summed E-state index contributed by atoms with van der Waals surface area (Å²) in [5, 5.41) is 0.850. The van der Waals surface area contributed by atoms with Crippen LogP contribution >= 0.6 is 24.0 Å². The fourth-order valence-electron chi connectivity index (χ4n) is 1.92. The van der Waals surface area contributed by atoms with Gasteiger partial charge >= 0.3 is 0 Å². The summed E-state index contributed by atoms with van der Waals surface area (Å²) in [5.41, 5.74) is 3.27. The Labute approximate surface area is 138 Å². The molecule has 0 aromatic heterocycles. The molecule has 0 amide bonds. The molecule has 0 saturated carbocycles. The van der Waals surface area contributed by atoms with E-state index in [9.17, 15) is 4.39 Å². The van der Waals surface area contributed by atoms with Gasteiger partial charge in [0.2, 0.25) is 0 Å². The van der Waals surface area contributed by atoms with Gasteiger partial charge in [-0.25, -0.2) is 0 Å². The van der Waals surface area contributed by atoms with Crippen molar-refractivity contribution >= 4 is 35.9 Å². The standard InChI is InChI=1S/C15H17ClN2.CH3F.ClH/c1-18(2)11-13-9-8-12(15(13)16)10-17-14-6-4-3-5-7-14;1-2;/h3-7,10-11H,8-9H2,1-2H3;1H3;1H/b13-11+,17-10?;;/i;1D;. The van der Waals surface area contributed by atoms with Crippen molar-refractivity contribution in [3.8, 4) is 0 Å². The quantitative estimate of drug-likeness (QED) is 0.701.